The fourth-order valence-electron chi connectivity index (χ4n) is 0.250. The highest BCUT2D eigenvalue weighted by atomic mass is 16.6. The summed E-state index contributed by atoms with van der Waals surface area (Å²) < 4.78 is 0. The molecule has 0 rings (SSSR count). The summed E-state index contributed by atoms with van der Waals surface area (Å²) in [5, 5.41) is 0. The summed E-state index contributed by atoms with van der Waals surface area (Å²) in [4.78, 5) is 4.84. The summed E-state index contributed by atoms with van der Waals surface area (Å²) in [6.45, 7) is 6.76. The Balaban J connectivity index is 0. The largest absolute Gasteiger partial charge is 0.412 e. The first kappa shape index (κ1) is 10.8. The fraction of sp³-hybridized carbons (Fsp3) is 1.00. The molecule has 3 nitrogen and oxygen atoms in total. The molecule has 8 heavy (non-hydrogen) atoms. The van der Waals surface area contributed by atoms with Gasteiger partial charge in [-0.1, -0.05) is 0 Å². The van der Waals surface area contributed by atoms with Crippen LogP contribution in [0.2, 0.25) is 0 Å². The van der Waals surface area contributed by atoms with Crippen molar-refractivity contribution in [3.05, 3.63) is 0 Å². The van der Waals surface area contributed by atoms with Crippen LogP contribution < -0.4 is 5.48 Å². The van der Waals surface area contributed by atoms with Crippen molar-refractivity contribution >= 4 is 0 Å². The topological polar surface area (TPSA) is 52.8 Å². The molecular weight excluding hydrogens is 106 g/mol. The zero-order valence-corrected chi connectivity index (χ0v) is 5.69. The van der Waals surface area contributed by atoms with Gasteiger partial charge in [-0.05, 0) is 20.8 Å². The molecular formula is C5H15NO2. The lowest BCUT2D eigenvalue weighted by Gasteiger charge is -2.04. The molecule has 0 amide bonds. The van der Waals surface area contributed by atoms with E-state index in [1.54, 1.807) is 0 Å². The first-order valence-electron chi connectivity index (χ1n) is 2.64. The molecule has 0 saturated carbocycles. The third-order valence-corrected chi connectivity index (χ3v) is 0.463. The summed E-state index contributed by atoms with van der Waals surface area (Å²) >= 11 is 0. The molecule has 0 spiro atoms. The SMILES string of the molecule is CCONC(C)C.O. The summed E-state index contributed by atoms with van der Waals surface area (Å²) in [5.41, 5.74) is 2.80. The maximum absolute atomic E-state index is 4.84. The van der Waals surface area contributed by atoms with Crippen LogP contribution in [0.5, 0.6) is 0 Å². The van der Waals surface area contributed by atoms with E-state index in [0.717, 1.165) is 6.61 Å². The van der Waals surface area contributed by atoms with Gasteiger partial charge in [-0.2, -0.15) is 0 Å². The third-order valence-electron chi connectivity index (χ3n) is 0.463. The molecule has 0 aliphatic heterocycles. The van der Waals surface area contributed by atoms with Crippen LogP contribution in [0.15, 0.2) is 0 Å². The lowest BCUT2D eigenvalue weighted by molar-refractivity contribution is 0.0331. The van der Waals surface area contributed by atoms with Gasteiger partial charge >= 0.3 is 0 Å². The molecule has 0 heterocycles. The number of rotatable bonds is 3. The Hall–Kier alpha value is -0.120. The zero-order valence-electron chi connectivity index (χ0n) is 5.69. The number of nitrogens with one attached hydrogen (secondary N) is 1. The van der Waals surface area contributed by atoms with Gasteiger partial charge in [-0.25, -0.2) is 5.48 Å². The van der Waals surface area contributed by atoms with E-state index in [1.807, 2.05) is 20.8 Å². The standard InChI is InChI=1S/C5H13NO.H2O/c1-4-7-6-5(2)3;/h5-6H,4H2,1-3H3;1H2. The number of hydroxylamine groups is 1. The van der Waals surface area contributed by atoms with E-state index in [2.05, 4.69) is 5.48 Å². The molecule has 52 valence electrons. The zero-order chi connectivity index (χ0) is 5.70. The van der Waals surface area contributed by atoms with E-state index in [9.17, 15) is 0 Å². The first-order valence-corrected chi connectivity index (χ1v) is 2.64. The van der Waals surface area contributed by atoms with Crippen molar-refractivity contribution in [1.82, 2.24) is 5.48 Å². The van der Waals surface area contributed by atoms with Gasteiger partial charge in [-0.3, -0.25) is 0 Å². The average Bonchev–Trinajstić information content (AvgIpc) is 1.61. The average molecular weight is 121 g/mol. The van der Waals surface area contributed by atoms with Crippen LogP contribution in [-0.2, 0) is 4.84 Å². The van der Waals surface area contributed by atoms with E-state index in [-0.39, 0.29) is 5.48 Å². The van der Waals surface area contributed by atoms with Crippen molar-refractivity contribution in [3.8, 4) is 0 Å². The smallest absolute Gasteiger partial charge is 0.0654 e. The monoisotopic (exact) mass is 121 g/mol. The van der Waals surface area contributed by atoms with Crippen LogP contribution in [0.4, 0.5) is 0 Å². The molecule has 0 fully saturated rings. The Morgan fingerprint density at radius 2 is 2.00 bits per heavy atom. The second kappa shape index (κ2) is 6.88. The second-order valence-corrected chi connectivity index (χ2v) is 1.71. The van der Waals surface area contributed by atoms with Crippen molar-refractivity contribution < 1.29 is 10.3 Å². The number of hydrogen-bond donors (Lipinski definition) is 1. The molecule has 3 heteroatoms. The van der Waals surface area contributed by atoms with Crippen LogP contribution in [0.25, 0.3) is 0 Å². The van der Waals surface area contributed by atoms with Crippen molar-refractivity contribution in [3.63, 3.8) is 0 Å². The quantitative estimate of drug-likeness (QED) is 0.539. The second-order valence-electron chi connectivity index (χ2n) is 1.71. The Morgan fingerprint density at radius 1 is 1.50 bits per heavy atom. The molecule has 0 unspecified atom stereocenters. The summed E-state index contributed by atoms with van der Waals surface area (Å²) in [5.74, 6) is 0. The minimum atomic E-state index is 0. The maximum atomic E-state index is 4.84. The van der Waals surface area contributed by atoms with Gasteiger partial charge in [0.15, 0.2) is 0 Å². The van der Waals surface area contributed by atoms with Crippen molar-refractivity contribution in [2.75, 3.05) is 6.61 Å². The van der Waals surface area contributed by atoms with E-state index >= 15 is 0 Å². The predicted octanol–water partition coefficient (Wildman–Crippen LogP) is 0.111. The molecule has 0 aromatic rings. The minimum Gasteiger partial charge on any atom is -0.412 e. The van der Waals surface area contributed by atoms with E-state index in [4.69, 9.17) is 4.84 Å². The first-order chi connectivity index (χ1) is 3.27. The molecule has 0 atom stereocenters. The van der Waals surface area contributed by atoms with E-state index in [1.165, 1.54) is 0 Å². The molecule has 0 aromatic heterocycles. The predicted molar refractivity (Wildman–Crippen MR) is 33.5 cm³/mol. The molecule has 0 radical (unpaired) electrons. The van der Waals surface area contributed by atoms with Gasteiger partial charge in [0.05, 0.1) is 6.61 Å². The van der Waals surface area contributed by atoms with Gasteiger partial charge in [0.2, 0.25) is 0 Å². The lowest BCUT2D eigenvalue weighted by atomic mass is 10.4. The Bertz CT molecular complexity index is 39.4. The lowest BCUT2D eigenvalue weighted by Crippen LogP contribution is -2.22. The van der Waals surface area contributed by atoms with Crippen LogP contribution >= 0.6 is 0 Å². The Labute approximate surface area is 50.3 Å². The summed E-state index contributed by atoms with van der Waals surface area (Å²) in [6, 6.07) is 0.431. The van der Waals surface area contributed by atoms with Gasteiger partial charge in [0, 0.05) is 6.04 Å². The van der Waals surface area contributed by atoms with Gasteiger partial charge < -0.3 is 10.3 Å². The molecule has 0 aromatic carbocycles. The maximum Gasteiger partial charge on any atom is 0.0654 e. The highest BCUT2D eigenvalue weighted by Gasteiger charge is 1.85. The Morgan fingerprint density at radius 3 is 2.12 bits per heavy atom. The van der Waals surface area contributed by atoms with Crippen LogP contribution in [0.3, 0.4) is 0 Å². The van der Waals surface area contributed by atoms with Gasteiger partial charge in [0.1, 0.15) is 0 Å². The summed E-state index contributed by atoms with van der Waals surface area (Å²) in [7, 11) is 0. The molecule has 0 saturated heterocycles. The van der Waals surface area contributed by atoms with Gasteiger partial charge in [0.25, 0.3) is 0 Å². The Kier molecular flexibility index (Phi) is 9.28. The van der Waals surface area contributed by atoms with E-state index < -0.39 is 0 Å². The molecule has 3 N–H and O–H groups in total. The van der Waals surface area contributed by atoms with Crippen LogP contribution in [-0.4, -0.2) is 18.1 Å². The summed E-state index contributed by atoms with van der Waals surface area (Å²) in [6.07, 6.45) is 0. The normalized spacial score (nSPS) is 9.00. The minimum absolute atomic E-state index is 0. The van der Waals surface area contributed by atoms with Crippen molar-refractivity contribution in [2.45, 2.75) is 26.8 Å². The molecule has 0 aliphatic carbocycles. The fourth-order valence-corrected chi connectivity index (χ4v) is 0.250. The van der Waals surface area contributed by atoms with Crippen molar-refractivity contribution in [1.29, 1.82) is 0 Å². The van der Waals surface area contributed by atoms with Crippen LogP contribution in [0, 0.1) is 0 Å². The van der Waals surface area contributed by atoms with Crippen LogP contribution in [0.1, 0.15) is 20.8 Å². The number of hydrogen-bond acceptors (Lipinski definition) is 2. The highest BCUT2D eigenvalue weighted by molar-refractivity contribution is 4.37. The van der Waals surface area contributed by atoms with Gasteiger partial charge in [-0.15, -0.1) is 0 Å². The van der Waals surface area contributed by atoms with E-state index in [0.29, 0.717) is 6.04 Å². The highest BCUT2D eigenvalue weighted by Crippen LogP contribution is 1.74. The van der Waals surface area contributed by atoms with Crippen molar-refractivity contribution in [2.24, 2.45) is 0 Å². The molecule has 0 bridgehead atoms. The third kappa shape index (κ3) is 9.30. The molecule has 0 aliphatic rings.